The molecule has 0 aromatic carbocycles. The fraction of sp³-hybridized carbons (Fsp3) is 0.889. The monoisotopic (exact) mass is 194 g/mol. The first-order valence-corrected chi connectivity index (χ1v) is 4.54. The van der Waals surface area contributed by atoms with Gasteiger partial charge in [-0.3, -0.25) is 4.79 Å². The second kappa shape index (κ2) is 8.10. The van der Waals surface area contributed by atoms with Gasteiger partial charge in [0.2, 0.25) is 0 Å². The predicted molar refractivity (Wildman–Crippen MR) is 46.0 cm³/mol. The topological polar surface area (TPSA) is 26.3 Å². The third-order valence-corrected chi connectivity index (χ3v) is 1.58. The molecule has 78 valence electrons. The maximum Gasteiger partial charge on any atom is 0.261 e. The van der Waals surface area contributed by atoms with Crippen LogP contribution >= 0.6 is 0 Å². The van der Waals surface area contributed by atoms with E-state index in [0.29, 0.717) is 6.42 Å². The summed E-state index contributed by atoms with van der Waals surface area (Å²) in [5.41, 5.74) is 0. The third kappa shape index (κ3) is 9.40. The van der Waals surface area contributed by atoms with Crippen LogP contribution in [0.15, 0.2) is 0 Å². The molecule has 0 saturated carbocycles. The van der Waals surface area contributed by atoms with E-state index in [0.717, 1.165) is 12.8 Å². The highest BCUT2D eigenvalue weighted by Gasteiger charge is 2.04. The molecular formula is C9H16F2O2. The Bertz CT molecular complexity index is 138. The van der Waals surface area contributed by atoms with Crippen LogP contribution < -0.4 is 0 Å². The van der Waals surface area contributed by atoms with Crippen LogP contribution in [0.1, 0.15) is 32.6 Å². The Morgan fingerprint density at radius 1 is 1.38 bits per heavy atom. The van der Waals surface area contributed by atoms with Crippen molar-refractivity contribution in [3.05, 3.63) is 0 Å². The summed E-state index contributed by atoms with van der Waals surface area (Å²) in [5, 5.41) is 0. The van der Waals surface area contributed by atoms with Crippen molar-refractivity contribution in [1.29, 1.82) is 0 Å². The Morgan fingerprint density at radius 2 is 2.08 bits per heavy atom. The highest BCUT2D eigenvalue weighted by molar-refractivity contribution is 5.78. The first kappa shape index (κ1) is 12.5. The first-order valence-electron chi connectivity index (χ1n) is 4.54. The van der Waals surface area contributed by atoms with Gasteiger partial charge in [-0.2, -0.15) is 0 Å². The summed E-state index contributed by atoms with van der Waals surface area (Å²) in [4.78, 5) is 11.0. The quantitative estimate of drug-likeness (QED) is 0.555. The molecule has 0 heterocycles. The molecule has 0 atom stereocenters. The number of carbonyl (C=O) groups is 1. The van der Waals surface area contributed by atoms with Gasteiger partial charge in [0.15, 0.2) is 0 Å². The van der Waals surface area contributed by atoms with Gasteiger partial charge in [0.25, 0.3) is 6.43 Å². The van der Waals surface area contributed by atoms with E-state index in [1.807, 2.05) is 6.92 Å². The highest BCUT2D eigenvalue weighted by Crippen LogP contribution is 1.99. The molecule has 0 fully saturated rings. The summed E-state index contributed by atoms with van der Waals surface area (Å²) in [7, 11) is 0. The number of ketones is 1. The lowest BCUT2D eigenvalue weighted by atomic mass is 10.1. The lowest BCUT2D eigenvalue weighted by molar-refractivity contribution is -0.120. The minimum Gasteiger partial charge on any atom is -0.375 e. The normalized spacial score (nSPS) is 10.8. The average molecular weight is 194 g/mol. The summed E-state index contributed by atoms with van der Waals surface area (Å²) in [6.07, 6.45) is 0.198. The van der Waals surface area contributed by atoms with Gasteiger partial charge in [-0.15, -0.1) is 0 Å². The van der Waals surface area contributed by atoms with Crippen LogP contribution in [0.2, 0.25) is 0 Å². The smallest absolute Gasteiger partial charge is 0.261 e. The van der Waals surface area contributed by atoms with E-state index >= 15 is 0 Å². The van der Waals surface area contributed by atoms with E-state index in [2.05, 4.69) is 4.74 Å². The molecule has 4 heteroatoms. The van der Waals surface area contributed by atoms with Gasteiger partial charge >= 0.3 is 0 Å². The van der Waals surface area contributed by atoms with E-state index in [-0.39, 0.29) is 18.8 Å². The Hall–Kier alpha value is -0.510. The molecule has 13 heavy (non-hydrogen) atoms. The van der Waals surface area contributed by atoms with E-state index in [1.54, 1.807) is 0 Å². The molecule has 0 aromatic heterocycles. The van der Waals surface area contributed by atoms with E-state index < -0.39 is 13.0 Å². The lowest BCUT2D eigenvalue weighted by Crippen LogP contribution is -2.09. The van der Waals surface area contributed by atoms with Gasteiger partial charge in [-0.25, -0.2) is 8.78 Å². The highest BCUT2D eigenvalue weighted by atomic mass is 19.3. The Kier molecular flexibility index (Phi) is 7.79. The molecule has 0 saturated heterocycles. The molecule has 0 aliphatic carbocycles. The number of rotatable bonds is 8. The summed E-state index contributed by atoms with van der Waals surface area (Å²) in [5.74, 6) is 0.0936. The molecule has 2 nitrogen and oxygen atoms in total. The average Bonchev–Trinajstić information content (AvgIpc) is 2.08. The van der Waals surface area contributed by atoms with Crippen molar-refractivity contribution in [3.8, 4) is 0 Å². The second-order valence-electron chi connectivity index (χ2n) is 2.86. The first-order chi connectivity index (χ1) is 6.16. The fourth-order valence-electron chi connectivity index (χ4n) is 0.857. The molecule has 0 N–H and O–H groups in total. The second-order valence-corrected chi connectivity index (χ2v) is 2.86. The van der Waals surface area contributed by atoms with Crippen LogP contribution in [-0.2, 0) is 9.53 Å². The zero-order valence-corrected chi connectivity index (χ0v) is 7.89. The molecule has 0 aromatic rings. The van der Waals surface area contributed by atoms with Crippen molar-refractivity contribution in [1.82, 2.24) is 0 Å². The molecule has 0 amide bonds. The van der Waals surface area contributed by atoms with Crippen molar-refractivity contribution in [2.45, 2.75) is 39.0 Å². The Balaban J connectivity index is 3.17. The predicted octanol–water partition coefficient (Wildman–Crippen LogP) is 2.42. The fourth-order valence-corrected chi connectivity index (χ4v) is 0.857. The van der Waals surface area contributed by atoms with Gasteiger partial charge in [-0.1, -0.05) is 13.3 Å². The van der Waals surface area contributed by atoms with Gasteiger partial charge in [-0.05, 0) is 6.42 Å². The number of alkyl halides is 2. The van der Waals surface area contributed by atoms with E-state index in [4.69, 9.17) is 0 Å². The summed E-state index contributed by atoms with van der Waals surface area (Å²) in [6.45, 7) is 1.55. The molecular weight excluding hydrogens is 178 g/mol. The van der Waals surface area contributed by atoms with Gasteiger partial charge in [0.1, 0.15) is 12.4 Å². The SMILES string of the molecule is CCCCC(=O)CCOCC(F)F. The number of halogens is 2. The van der Waals surface area contributed by atoms with Gasteiger partial charge in [0, 0.05) is 12.8 Å². The maximum atomic E-state index is 11.6. The van der Waals surface area contributed by atoms with Crippen LogP contribution in [-0.4, -0.2) is 25.4 Å². The molecule has 0 rings (SSSR count). The van der Waals surface area contributed by atoms with Crippen molar-refractivity contribution in [3.63, 3.8) is 0 Å². The van der Waals surface area contributed by atoms with Gasteiger partial charge in [0.05, 0.1) is 6.61 Å². The summed E-state index contributed by atoms with van der Waals surface area (Å²) >= 11 is 0. The standard InChI is InChI=1S/C9H16F2O2/c1-2-3-4-8(12)5-6-13-7-9(10)11/h9H,2-7H2,1H3. The van der Waals surface area contributed by atoms with Crippen molar-refractivity contribution < 1.29 is 18.3 Å². The molecule has 0 radical (unpaired) electrons. The number of unbranched alkanes of at least 4 members (excludes halogenated alkanes) is 1. The molecule has 0 spiro atoms. The number of hydrogen-bond acceptors (Lipinski definition) is 2. The van der Waals surface area contributed by atoms with Crippen LogP contribution in [0.3, 0.4) is 0 Å². The minimum atomic E-state index is -2.44. The molecule has 0 bridgehead atoms. The van der Waals surface area contributed by atoms with Crippen LogP contribution in [0.4, 0.5) is 8.78 Å². The summed E-state index contributed by atoms with van der Waals surface area (Å²) in [6, 6.07) is 0. The van der Waals surface area contributed by atoms with Crippen LogP contribution in [0.25, 0.3) is 0 Å². The molecule has 0 unspecified atom stereocenters. The number of hydrogen-bond donors (Lipinski definition) is 0. The maximum absolute atomic E-state index is 11.6. The third-order valence-electron chi connectivity index (χ3n) is 1.58. The number of carbonyl (C=O) groups excluding carboxylic acids is 1. The zero-order valence-electron chi connectivity index (χ0n) is 7.89. The van der Waals surface area contributed by atoms with Crippen molar-refractivity contribution in [2.75, 3.05) is 13.2 Å². The number of ether oxygens (including phenoxy) is 1. The molecule has 0 aliphatic rings. The molecule has 0 aliphatic heterocycles. The van der Waals surface area contributed by atoms with Gasteiger partial charge < -0.3 is 4.74 Å². The van der Waals surface area contributed by atoms with Crippen molar-refractivity contribution in [2.24, 2.45) is 0 Å². The number of Topliss-reactive ketones (excluding diaryl/α,β-unsaturated/α-hetero) is 1. The van der Waals surface area contributed by atoms with Crippen LogP contribution in [0, 0.1) is 0 Å². The minimum absolute atomic E-state index is 0.0936. The summed E-state index contributed by atoms with van der Waals surface area (Å²) < 4.78 is 27.7. The Labute approximate surface area is 77.3 Å². The van der Waals surface area contributed by atoms with Crippen molar-refractivity contribution >= 4 is 5.78 Å². The largest absolute Gasteiger partial charge is 0.375 e. The lowest BCUT2D eigenvalue weighted by Gasteiger charge is -2.02. The van der Waals surface area contributed by atoms with E-state index in [1.165, 1.54) is 0 Å². The van der Waals surface area contributed by atoms with E-state index in [9.17, 15) is 13.6 Å². The van der Waals surface area contributed by atoms with Crippen LogP contribution in [0.5, 0.6) is 0 Å². The Morgan fingerprint density at radius 3 is 2.62 bits per heavy atom. The zero-order chi connectivity index (χ0) is 10.1.